The summed E-state index contributed by atoms with van der Waals surface area (Å²) in [4.78, 5) is 13.2. The molecule has 2 aromatic carbocycles. The van der Waals surface area contributed by atoms with Crippen molar-refractivity contribution in [2.24, 2.45) is 0 Å². The lowest BCUT2D eigenvalue weighted by atomic mass is 10.2. The van der Waals surface area contributed by atoms with Crippen LogP contribution >= 0.6 is 11.8 Å². The molecular weight excluding hydrogens is 285 g/mol. The maximum absolute atomic E-state index is 13.1. The van der Waals surface area contributed by atoms with Crippen molar-refractivity contribution < 1.29 is 9.18 Å². The minimum Gasteiger partial charge on any atom is -0.348 e. The Kier molecular flexibility index (Phi) is 5.39. The van der Waals surface area contributed by atoms with Crippen molar-refractivity contribution in [1.29, 1.82) is 0 Å². The molecule has 0 fully saturated rings. The Bertz CT molecular complexity index is 628. The summed E-state index contributed by atoms with van der Waals surface area (Å²) in [5.41, 5.74) is 1.41. The molecule has 21 heavy (non-hydrogen) atoms. The van der Waals surface area contributed by atoms with Gasteiger partial charge in [0.2, 0.25) is 0 Å². The molecule has 0 spiro atoms. The van der Waals surface area contributed by atoms with Crippen LogP contribution in [0.1, 0.15) is 29.8 Å². The smallest absolute Gasteiger partial charge is 0.252 e. The van der Waals surface area contributed by atoms with E-state index >= 15 is 0 Å². The van der Waals surface area contributed by atoms with Gasteiger partial charge in [-0.3, -0.25) is 4.79 Å². The third-order valence-corrected chi connectivity index (χ3v) is 3.92. The highest BCUT2D eigenvalue weighted by Crippen LogP contribution is 2.26. The molecule has 0 saturated heterocycles. The third kappa shape index (κ3) is 4.60. The average Bonchev–Trinajstić information content (AvgIpc) is 2.45. The molecule has 0 bridgehead atoms. The van der Waals surface area contributed by atoms with Crippen LogP contribution in [0.15, 0.2) is 53.4 Å². The Morgan fingerprint density at radius 3 is 2.67 bits per heavy atom. The summed E-state index contributed by atoms with van der Waals surface area (Å²) >= 11 is 1.66. The predicted octanol–water partition coefficient (Wildman–Crippen LogP) is 4.26. The van der Waals surface area contributed by atoms with Crippen LogP contribution in [0.25, 0.3) is 0 Å². The van der Waals surface area contributed by atoms with E-state index < -0.39 is 0 Å². The van der Waals surface area contributed by atoms with Crippen molar-refractivity contribution in [2.75, 3.05) is 0 Å². The van der Waals surface area contributed by atoms with Gasteiger partial charge in [0.05, 0.1) is 5.56 Å². The maximum Gasteiger partial charge on any atom is 0.252 e. The number of carbonyl (C=O) groups is 1. The maximum atomic E-state index is 13.1. The van der Waals surface area contributed by atoms with Gasteiger partial charge >= 0.3 is 0 Å². The molecule has 0 atom stereocenters. The second-order valence-corrected chi connectivity index (χ2v) is 6.59. The molecular formula is C17H18FNOS. The average molecular weight is 303 g/mol. The van der Waals surface area contributed by atoms with E-state index in [1.165, 1.54) is 12.1 Å². The standard InChI is InChI=1S/C17H18FNOS/c1-12(2)21-16-9-4-3-8-15(16)17(20)19-11-13-6-5-7-14(18)10-13/h3-10,12H,11H2,1-2H3,(H,19,20). The fourth-order valence-corrected chi connectivity index (χ4v) is 2.89. The quantitative estimate of drug-likeness (QED) is 0.836. The number of halogens is 1. The first-order valence-corrected chi connectivity index (χ1v) is 7.72. The van der Waals surface area contributed by atoms with Crippen LogP contribution < -0.4 is 5.32 Å². The van der Waals surface area contributed by atoms with Gasteiger partial charge < -0.3 is 5.32 Å². The van der Waals surface area contributed by atoms with Crippen LogP contribution in [-0.2, 0) is 6.54 Å². The van der Waals surface area contributed by atoms with Crippen LogP contribution in [0.4, 0.5) is 4.39 Å². The first-order valence-electron chi connectivity index (χ1n) is 6.84. The van der Waals surface area contributed by atoms with Gasteiger partial charge in [0.1, 0.15) is 5.82 Å². The van der Waals surface area contributed by atoms with E-state index in [-0.39, 0.29) is 11.7 Å². The molecule has 0 aliphatic heterocycles. The predicted molar refractivity (Wildman–Crippen MR) is 85.0 cm³/mol. The van der Waals surface area contributed by atoms with E-state index in [9.17, 15) is 9.18 Å². The molecule has 0 aliphatic carbocycles. The number of nitrogens with one attached hydrogen (secondary N) is 1. The molecule has 2 nitrogen and oxygen atoms in total. The van der Waals surface area contributed by atoms with Crippen molar-refractivity contribution in [3.63, 3.8) is 0 Å². The summed E-state index contributed by atoms with van der Waals surface area (Å²) < 4.78 is 13.1. The van der Waals surface area contributed by atoms with Crippen LogP contribution in [0.2, 0.25) is 0 Å². The van der Waals surface area contributed by atoms with Crippen molar-refractivity contribution in [2.45, 2.75) is 30.5 Å². The largest absolute Gasteiger partial charge is 0.348 e. The second kappa shape index (κ2) is 7.27. The zero-order valence-corrected chi connectivity index (χ0v) is 12.9. The molecule has 4 heteroatoms. The zero-order valence-electron chi connectivity index (χ0n) is 12.1. The first kappa shape index (κ1) is 15.6. The van der Waals surface area contributed by atoms with Gasteiger partial charge in [0, 0.05) is 16.7 Å². The molecule has 1 amide bonds. The summed E-state index contributed by atoms with van der Waals surface area (Å²) in [6.07, 6.45) is 0. The molecule has 0 radical (unpaired) electrons. The lowest BCUT2D eigenvalue weighted by Crippen LogP contribution is -2.23. The molecule has 110 valence electrons. The van der Waals surface area contributed by atoms with Crippen molar-refractivity contribution >= 4 is 17.7 Å². The minimum atomic E-state index is -0.294. The van der Waals surface area contributed by atoms with Gasteiger partial charge in [0.15, 0.2) is 0 Å². The van der Waals surface area contributed by atoms with Crippen LogP contribution in [0.5, 0.6) is 0 Å². The van der Waals surface area contributed by atoms with E-state index in [0.29, 0.717) is 17.4 Å². The number of hydrogen-bond acceptors (Lipinski definition) is 2. The molecule has 0 aliphatic rings. The van der Waals surface area contributed by atoms with E-state index in [4.69, 9.17) is 0 Å². The van der Waals surface area contributed by atoms with Gasteiger partial charge in [0.25, 0.3) is 5.91 Å². The summed E-state index contributed by atoms with van der Waals surface area (Å²) in [6.45, 7) is 4.50. The Morgan fingerprint density at radius 2 is 1.95 bits per heavy atom. The molecule has 0 unspecified atom stereocenters. The van der Waals surface area contributed by atoms with E-state index in [1.54, 1.807) is 23.9 Å². The lowest BCUT2D eigenvalue weighted by molar-refractivity contribution is 0.0948. The van der Waals surface area contributed by atoms with Crippen LogP contribution in [0, 0.1) is 5.82 Å². The number of benzene rings is 2. The van der Waals surface area contributed by atoms with Gasteiger partial charge in [-0.25, -0.2) is 4.39 Å². The van der Waals surface area contributed by atoms with Gasteiger partial charge in [-0.05, 0) is 29.8 Å². The van der Waals surface area contributed by atoms with E-state index in [2.05, 4.69) is 19.2 Å². The van der Waals surface area contributed by atoms with Crippen molar-refractivity contribution in [1.82, 2.24) is 5.32 Å². The van der Waals surface area contributed by atoms with E-state index in [1.807, 2.05) is 24.3 Å². The monoisotopic (exact) mass is 303 g/mol. The fourth-order valence-electron chi connectivity index (χ4n) is 1.94. The molecule has 0 saturated carbocycles. The lowest BCUT2D eigenvalue weighted by Gasteiger charge is -2.11. The number of thioether (sulfide) groups is 1. The number of carbonyl (C=O) groups excluding carboxylic acids is 1. The Labute approximate surface area is 128 Å². The second-order valence-electron chi connectivity index (χ2n) is 4.98. The number of hydrogen-bond donors (Lipinski definition) is 1. The normalized spacial score (nSPS) is 10.7. The highest BCUT2D eigenvalue weighted by atomic mass is 32.2. The highest BCUT2D eigenvalue weighted by Gasteiger charge is 2.12. The summed E-state index contributed by atoms with van der Waals surface area (Å²) in [5, 5.41) is 3.24. The minimum absolute atomic E-state index is 0.136. The van der Waals surface area contributed by atoms with Crippen molar-refractivity contribution in [3.8, 4) is 0 Å². The van der Waals surface area contributed by atoms with Gasteiger partial charge in [-0.15, -0.1) is 11.8 Å². The summed E-state index contributed by atoms with van der Waals surface area (Å²) in [6, 6.07) is 13.8. The molecule has 1 N–H and O–H groups in total. The molecule has 2 aromatic rings. The van der Waals surface area contributed by atoms with Crippen molar-refractivity contribution in [3.05, 3.63) is 65.5 Å². The van der Waals surface area contributed by atoms with E-state index in [0.717, 1.165) is 10.5 Å². The topological polar surface area (TPSA) is 29.1 Å². The fraction of sp³-hybridized carbons (Fsp3) is 0.235. The van der Waals surface area contributed by atoms with Gasteiger partial charge in [-0.2, -0.15) is 0 Å². The highest BCUT2D eigenvalue weighted by molar-refractivity contribution is 8.00. The Morgan fingerprint density at radius 1 is 1.19 bits per heavy atom. The third-order valence-electron chi connectivity index (χ3n) is 2.84. The number of amides is 1. The molecule has 0 heterocycles. The Hall–Kier alpha value is -1.81. The van der Waals surface area contributed by atoms with Gasteiger partial charge in [-0.1, -0.05) is 38.1 Å². The molecule has 0 aromatic heterocycles. The van der Waals surface area contributed by atoms with Crippen LogP contribution in [0.3, 0.4) is 0 Å². The SMILES string of the molecule is CC(C)Sc1ccccc1C(=O)NCc1cccc(F)c1. The first-order chi connectivity index (χ1) is 10.1. The summed E-state index contributed by atoms with van der Waals surface area (Å²) in [7, 11) is 0. The Balaban J connectivity index is 2.07. The molecule has 2 rings (SSSR count). The summed E-state index contributed by atoms with van der Waals surface area (Å²) in [5.74, 6) is -0.430. The number of rotatable bonds is 5. The van der Waals surface area contributed by atoms with Crippen LogP contribution in [-0.4, -0.2) is 11.2 Å². The zero-order chi connectivity index (χ0) is 15.2.